The molecule has 2 rings (SSSR count). The molecule has 0 aliphatic rings. The summed E-state index contributed by atoms with van der Waals surface area (Å²) < 4.78 is 1.70. The molecule has 0 bridgehead atoms. The topological polar surface area (TPSA) is 87.3 Å². The molecule has 2 N–H and O–H groups in total. The van der Waals surface area contributed by atoms with Gasteiger partial charge in [-0.1, -0.05) is 0 Å². The molecule has 0 fully saturated rings. The number of aliphatic hydroxyl groups is 2. The molecule has 2 aromatic heterocycles. The van der Waals surface area contributed by atoms with Crippen LogP contribution in [0.1, 0.15) is 0 Å². The van der Waals surface area contributed by atoms with Gasteiger partial charge in [-0.3, -0.25) is 0 Å². The van der Waals surface area contributed by atoms with Gasteiger partial charge in [-0.2, -0.15) is 0 Å². The van der Waals surface area contributed by atoms with Crippen molar-refractivity contribution < 1.29 is 10.2 Å². The van der Waals surface area contributed by atoms with Crippen molar-refractivity contribution in [3.05, 3.63) is 12.7 Å². The Morgan fingerprint density at radius 2 is 2.12 bits per heavy atom. The zero-order valence-corrected chi connectivity index (χ0v) is 9.78. The van der Waals surface area contributed by atoms with Crippen molar-refractivity contribution in [1.29, 1.82) is 0 Å². The SMILES string of the molecule is CN(C)c1ncnc2c1ncn2C[C@H](O)CO. The molecule has 0 unspecified atom stereocenters. The molecule has 0 radical (unpaired) electrons. The largest absolute Gasteiger partial charge is 0.394 e. The Kier molecular flexibility index (Phi) is 3.21. The Balaban J connectivity index is 2.44. The van der Waals surface area contributed by atoms with Gasteiger partial charge in [0.1, 0.15) is 6.33 Å². The first kappa shape index (κ1) is 11.7. The highest BCUT2D eigenvalue weighted by atomic mass is 16.3. The number of nitrogens with zero attached hydrogens (tertiary/aromatic N) is 5. The second-order valence-corrected chi connectivity index (χ2v) is 4.00. The van der Waals surface area contributed by atoms with Crippen molar-refractivity contribution in [3.8, 4) is 0 Å². The van der Waals surface area contributed by atoms with Gasteiger partial charge < -0.3 is 19.7 Å². The predicted octanol–water partition coefficient (Wildman–Crippen LogP) is -0.754. The molecular weight excluding hydrogens is 222 g/mol. The van der Waals surface area contributed by atoms with Gasteiger partial charge in [0.2, 0.25) is 0 Å². The van der Waals surface area contributed by atoms with Crippen LogP contribution in [0.25, 0.3) is 11.2 Å². The van der Waals surface area contributed by atoms with E-state index < -0.39 is 6.10 Å². The summed E-state index contributed by atoms with van der Waals surface area (Å²) in [6.45, 7) is -0.0256. The van der Waals surface area contributed by atoms with Crippen molar-refractivity contribution in [2.24, 2.45) is 0 Å². The minimum atomic E-state index is -0.815. The van der Waals surface area contributed by atoms with Crippen LogP contribution in [-0.2, 0) is 6.54 Å². The van der Waals surface area contributed by atoms with Crippen LogP contribution in [0.2, 0.25) is 0 Å². The number of rotatable bonds is 4. The Labute approximate surface area is 98.4 Å². The average molecular weight is 237 g/mol. The lowest BCUT2D eigenvalue weighted by Gasteiger charge is -2.11. The molecule has 0 aromatic carbocycles. The van der Waals surface area contributed by atoms with Crippen LogP contribution in [0.4, 0.5) is 5.82 Å². The Morgan fingerprint density at radius 1 is 1.35 bits per heavy atom. The number of aromatic nitrogens is 4. The van der Waals surface area contributed by atoms with Gasteiger partial charge in [-0.05, 0) is 0 Å². The summed E-state index contributed by atoms with van der Waals surface area (Å²) in [6.07, 6.45) is 2.23. The van der Waals surface area contributed by atoms with Crippen molar-refractivity contribution >= 4 is 17.0 Å². The molecule has 7 nitrogen and oxygen atoms in total. The zero-order valence-electron chi connectivity index (χ0n) is 9.78. The fourth-order valence-corrected chi connectivity index (χ4v) is 1.61. The highest BCUT2D eigenvalue weighted by Gasteiger charge is 2.13. The molecule has 2 heterocycles. The van der Waals surface area contributed by atoms with Crippen LogP contribution in [0.3, 0.4) is 0 Å². The third kappa shape index (κ3) is 2.20. The maximum Gasteiger partial charge on any atom is 0.165 e. The van der Waals surface area contributed by atoms with Crippen LogP contribution in [0.15, 0.2) is 12.7 Å². The first-order valence-corrected chi connectivity index (χ1v) is 5.25. The number of aliphatic hydroxyl groups excluding tert-OH is 2. The number of imidazole rings is 1. The number of fused-ring (bicyclic) bond motifs is 1. The molecule has 92 valence electrons. The van der Waals surface area contributed by atoms with E-state index in [-0.39, 0.29) is 13.2 Å². The van der Waals surface area contributed by atoms with Gasteiger partial charge in [-0.25, -0.2) is 15.0 Å². The maximum atomic E-state index is 9.42. The number of hydrogen-bond donors (Lipinski definition) is 2. The molecule has 0 saturated heterocycles. The molecule has 0 spiro atoms. The van der Waals surface area contributed by atoms with Gasteiger partial charge in [0.15, 0.2) is 17.0 Å². The minimum absolute atomic E-state index is 0.261. The molecule has 0 saturated carbocycles. The van der Waals surface area contributed by atoms with Gasteiger partial charge in [0.25, 0.3) is 0 Å². The van der Waals surface area contributed by atoms with Gasteiger partial charge in [-0.15, -0.1) is 0 Å². The van der Waals surface area contributed by atoms with Crippen LogP contribution < -0.4 is 4.90 Å². The van der Waals surface area contributed by atoms with Gasteiger partial charge in [0.05, 0.1) is 25.6 Å². The van der Waals surface area contributed by atoms with Crippen molar-refractivity contribution in [1.82, 2.24) is 19.5 Å². The van der Waals surface area contributed by atoms with Crippen LogP contribution in [0.5, 0.6) is 0 Å². The molecule has 17 heavy (non-hydrogen) atoms. The van der Waals surface area contributed by atoms with Crippen LogP contribution in [0, 0.1) is 0 Å². The smallest absolute Gasteiger partial charge is 0.165 e. The van der Waals surface area contributed by atoms with Crippen molar-refractivity contribution in [2.45, 2.75) is 12.6 Å². The summed E-state index contributed by atoms with van der Waals surface area (Å²) in [7, 11) is 3.76. The fraction of sp³-hybridized carbons (Fsp3) is 0.500. The predicted molar refractivity (Wildman–Crippen MR) is 62.7 cm³/mol. The molecule has 0 aliphatic carbocycles. The third-order valence-electron chi connectivity index (χ3n) is 2.42. The van der Waals surface area contributed by atoms with E-state index in [4.69, 9.17) is 5.11 Å². The van der Waals surface area contributed by atoms with Crippen LogP contribution >= 0.6 is 0 Å². The van der Waals surface area contributed by atoms with E-state index in [1.807, 2.05) is 19.0 Å². The Morgan fingerprint density at radius 3 is 2.76 bits per heavy atom. The summed E-state index contributed by atoms with van der Waals surface area (Å²) in [4.78, 5) is 14.4. The Bertz CT molecular complexity index is 510. The molecular formula is C10H15N5O2. The second kappa shape index (κ2) is 4.64. The van der Waals surface area contributed by atoms with E-state index in [1.165, 1.54) is 6.33 Å². The quantitative estimate of drug-likeness (QED) is 0.727. The van der Waals surface area contributed by atoms with Crippen LogP contribution in [-0.4, -0.2) is 56.5 Å². The average Bonchev–Trinajstić information content (AvgIpc) is 2.72. The van der Waals surface area contributed by atoms with Gasteiger partial charge in [0, 0.05) is 14.1 Å². The summed E-state index contributed by atoms with van der Waals surface area (Å²) in [5, 5.41) is 18.2. The van der Waals surface area contributed by atoms with E-state index in [9.17, 15) is 5.11 Å². The highest BCUT2D eigenvalue weighted by molar-refractivity contribution is 5.82. The minimum Gasteiger partial charge on any atom is -0.394 e. The third-order valence-corrected chi connectivity index (χ3v) is 2.42. The summed E-state index contributed by atoms with van der Waals surface area (Å²) in [5.41, 5.74) is 1.33. The molecule has 7 heteroatoms. The Hall–Kier alpha value is -1.73. The fourth-order valence-electron chi connectivity index (χ4n) is 1.61. The van der Waals surface area contributed by atoms with E-state index >= 15 is 0 Å². The molecule has 0 amide bonds. The van der Waals surface area contributed by atoms with E-state index in [1.54, 1.807) is 10.9 Å². The lowest BCUT2D eigenvalue weighted by molar-refractivity contribution is 0.0820. The first-order chi connectivity index (χ1) is 8.13. The summed E-state index contributed by atoms with van der Waals surface area (Å²) in [6, 6.07) is 0. The molecule has 2 aromatic rings. The highest BCUT2D eigenvalue weighted by Crippen LogP contribution is 2.19. The number of hydrogen-bond acceptors (Lipinski definition) is 6. The van der Waals surface area contributed by atoms with E-state index in [0.717, 1.165) is 5.82 Å². The standard InChI is InChI=1S/C10H15N5O2/c1-14(2)9-8-10(12-5-11-9)15(6-13-8)3-7(17)4-16/h5-7,16-17H,3-4H2,1-2H3/t7-/m0/s1. The van der Waals surface area contributed by atoms with Gasteiger partial charge >= 0.3 is 0 Å². The van der Waals surface area contributed by atoms with Crippen molar-refractivity contribution in [2.75, 3.05) is 25.6 Å². The molecule has 1 atom stereocenters. The maximum absolute atomic E-state index is 9.42. The first-order valence-electron chi connectivity index (χ1n) is 5.25. The lowest BCUT2D eigenvalue weighted by Crippen LogP contribution is -2.19. The van der Waals surface area contributed by atoms with E-state index in [2.05, 4.69) is 15.0 Å². The monoisotopic (exact) mass is 237 g/mol. The van der Waals surface area contributed by atoms with Crippen molar-refractivity contribution in [3.63, 3.8) is 0 Å². The van der Waals surface area contributed by atoms with E-state index in [0.29, 0.717) is 11.2 Å². The molecule has 0 aliphatic heterocycles. The summed E-state index contributed by atoms with van der Waals surface area (Å²) >= 11 is 0. The number of anilines is 1. The lowest BCUT2D eigenvalue weighted by atomic mass is 10.4. The normalized spacial score (nSPS) is 12.9. The summed E-state index contributed by atoms with van der Waals surface area (Å²) in [5.74, 6) is 0.729. The zero-order chi connectivity index (χ0) is 12.4. The second-order valence-electron chi connectivity index (χ2n) is 4.00.